The summed E-state index contributed by atoms with van der Waals surface area (Å²) in [7, 11) is 0. The van der Waals surface area contributed by atoms with Crippen LogP contribution < -0.4 is 9.47 Å². The van der Waals surface area contributed by atoms with E-state index in [-0.39, 0.29) is 18.4 Å². The number of ether oxygens (including phenoxy) is 2. The number of nitrogens with zero attached hydrogens (tertiary/aromatic N) is 3. The van der Waals surface area contributed by atoms with Crippen LogP contribution in [0.15, 0.2) is 77.7 Å². The maximum atomic E-state index is 13.4. The fourth-order valence-electron chi connectivity index (χ4n) is 4.25. The van der Waals surface area contributed by atoms with Gasteiger partial charge in [-0.1, -0.05) is 36.4 Å². The van der Waals surface area contributed by atoms with Crippen molar-refractivity contribution in [1.82, 2.24) is 9.80 Å². The van der Waals surface area contributed by atoms with E-state index in [1.165, 1.54) is 0 Å². The molecule has 7 nitrogen and oxygen atoms in total. The normalized spacial score (nSPS) is 16.8. The second-order valence-corrected chi connectivity index (χ2v) is 9.59. The van der Waals surface area contributed by atoms with E-state index in [0.717, 1.165) is 10.5 Å². The summed E-state index contributed by atoms with van der Waals surface area (Å²) in [6, 6.07) is 24.5. The van der Waals surface area contributed by atoms with Crippen LogP contribution in [-0.4, -0.2) is 60.5 Å². The predicted molar refractivity (Wildman–Crippen MR) is 136 cm³/mol. The average Bonchev–Trinajstić information content (AvgIpc) is 2.95. The maximum Gasteiger partial charge on any atom is 0.267 e. The molecule has 0 radical (unpaired) electrons. The monoisotopic (exact) mass is 499 g/mol. The van der Waals surface area contributed by atoms with Crippen LogP contribution in [-0.2, 0) is 10.5 Å². The summed E-state index contributed by atoms with van der Waals surface area (Å²) in [6.07, 6.45) is -0.679. The van der Waals surface area contributed by atoms with Gasteiger partial charge in [0.2, 0.25) is 6.10 Å². The molecule has 8 heteroatoms. The van der Waals surface area contributed by atoms with Crippen LogP contribution in [0, 0.1) is 11.3 Å². The van der Waals surface area contributed by atoms with Gasteiger partial charge in [-0.15, -0.1) is 11.8 Å². The summed E-state index contributed by atoms with van der Waals surface area (Å²) < 4.78 is 11.6. The Morgan fingerprint density at radius 1 is 0.889 bits per heavy atom. The number of rotatable bonds is 5. The Morgan fingerprint density at radius 3 is 2.31 bits per heavy atom. The molecule has 0 spiro atoms. The van der Waals surface area contributed by atoms with E-state index in [1.54, 1.807) is 39.8 Å². The summed E-state index contributed by atoms with van der Waals surface area (Å²) in [5, 5.41) is 8.98. The quantitative estimate of drug-likeness (QED) is 0.494. The zero-order chi connectivity index (χ0) is 24.9. The molecule has 2 amide bonds. The molecule has 0 saturated carbocycles. The maximum absolute atomic E-state index is 13.4. The summed E-state index contributed by atoms with van der Waals surface area (Å²) in [4.78, 5) is 30.8. The Morgan fingerprint density at radius 2 is 1.56 bits per heavy atom. The number of thioether (sulfide) groups is 1. The van der Waals surface area contributed by atoms with Crippen molar-refractivity contribution in [2.75, 3.05) is 32.8 Å². The highest BCUT2D eigenvalue weighted by molar-refractivity contribution is 7.98. The standard InChI is InChI=1S/C28H25N3O4S/c29-17-20-9-11-21(12-10-20)19-36-26-8-4-1-5-22(26)27(32)30-13-15-31(16-14-30)28(33)25-18-34-23-6-2-3-7-24(23)35-25/h1-12,25H,13-16,18-19H2/t25-/m0/s1. The van der Waals surface area contributed by atoms with Crippen LogP contribution in [0.2, 0.25) is 0 Å². The average molecular weight is 500 g/mol. The summed E-state index contributed by atoms with van der Waals surface area (Å²) in [5.74, 6) is 1.77. The lowest BCUT2D eigenvalue weighted by atomic mass is 10.1. The molecule has 0 unspecified atom stereocenters. The molecular weight excluding hydrogens is 474 g/mol. The van der Waals surface area contributed by atoms with Gasteiger partial charge in [-0.25, -0.2) is 0 Å². The van der Waals surface area contributed by atoms with E-state index in [4.69, 9.17) is 14.7 Å². The zero-order valence-corrected chi connectivity index (χ0v) is 20.4. The van der Waals surface area contributed by atoms with E-state index in [9.17, 15) is 9.59 Å². The van der Waals surface area contributed by atoms with Gasteiger partial charge < -0.3 is 19.3 Å². The number of para-hydroxylation sites is 2. The molecule has 3 aromatic rings. The fourth-order valence-corrected chi connectivity index (χ4v) is 5.25. The second kappa shape index (κ2) is 10.8. The number of amides is 2. The van der Waals surface area contributed by atoms with Crippen LogP contribution in [0.3, 0.4) is 0 Å². The van der Waals surface area contributed by atoms with Gasteiger partial charge in [0.1, 0.15) is 6.61 Å². The van der Waals surface area contributed by atoms with Crippen LogP contribution in [0.1, 0.15) is 21.5 Å². The van der Waals surface area contributed by atoms with Crippen molar-refractivity contribution in [2.45, 2.75) is 16.8 Å². The number of fused-ring (bicyclic) bond motifs is 1. The molecule has 2 heterocycles. The number of carbonyl (C=O) groups excluding carboxylic acids is 2. The predicted octanol–water partition coefficient (Wildman–Crippen LogP) is 3.97. The zero-order valence-electron chi connectivity index (χ0n) is 19.6. The lowest BCUT2D eigenvalue weighted by Gasteiger charge is -2.37. The molecule has 1 atom stereocenters. The number of benzene rings is 3. The Labute approximate surface area is 214 Å². The Hall–Kier alpha value is -3.96. The molecule has 0 aromatic heterocycles. The number of hydrogen-bond acceptors (Lipinski definition) is 6. The van der Waals surface area contributed by atoms with Crippen LogP contribution in [0.4, 0.5) is 0 Å². The molecule has 0 N–H and O–H groups in total. The van der Waals surface area contributed by atoms with E-state index < -0.39 is 6.10 Å². The summed E-state index contributed by atoms with van der Waals surface area (Å²) >= 11 is 1.60. The van der Waals surface area contributed by atoms with Gasteiger partial charge in [0.15, 0.2) is 11.5 Å². The molecule has 0 aliphatic carbocycles. The van der Waals surface area contributed by atoms with Crippen LogP contribution in [0.25, 0.3) is 0 Å². The lowest BCUT2D eigenvalue weighted by molar-refractivity contribution is -0.142. The van der Waals surface area contributed by atoms with Crippen molar-refractivity contribution in [1.29, 1.82) is 5.26 Å². The van der Waals surface area contributed by atoms with Gasteiger partial charge in [-0.05, 0) is 42.0 Å². The van der Waals surface area contributed by atoms with Crippen LogP contribution >= 0.6 is 11.8 Å². The number of piperazine rings is 1. The van der Waals surface area contributed by atoms with Gasteiger partial charge in [-0.2, -0.15) is 5.26 Å². The topological polar surface area (TPSA) is 82.9 Å². The smallest absolute Gasteiger partial charge is 0.267 e. The molecule has 0 bridgehead atoms. The number of nitriles is 1. The Bertz CT molecular complexity index is 1300. The third-order valence-corrected chi connectivity index (χ3v) is 7.40. The fraction of sp³-hybridized carbons (Fsp3) is 0.250. The molecule has 1 saturated heterocycles. The van der Waals surface area contributed by atoms with Gasteiger partial charge in [-0.3, -0.25) is 9.59 Å². The third-order valence-electron chi connectivity index (χ3n) is 6.26. The highest BCUT2D eigenvalue weighted by Gasteiger charge is 2.33. The first-order valence-corrected chi connectivity index (χ1v) is 12.8. The van der Waals surface area contributed by atoms with Crippen molar-refractivity contribution in [3.05, 3.63) is 89.5 Å². The minimum atomic E-state index is -0.679. The van der Waals surface area contributed by atoms with E-state index in [2.05, 4.69) is 6.07 Å². The molecule has 2 aliphatic heterocycles. The van der Waals surface area contributed by atoms with E-state index in [1.807, 2.05) is 54.6 Å². The minimum absolute atomic E-state index is 0.0313. The third kappa shape index (κ3) is 5.16. The molecule has 1 fully saturated rings. The van der Waals surface area contributed by atoms with Crippen molar-refractivity contribution in [3.63, 3.8) is 0 Å². The van der Waals surface area contributed by atoms with Gasteiger partial charge in [0.05, 0.1) is 17.2 Å². The van der Waals surface area contributed by atoms with Gasteiger partial charge in [0.25, 0.3) is 11.8 Å². The highest BCUT2D eigenvalue weighted by Crippen LogP contribution is 2.32. The van der Waals surface area contributed by atoms with Gasteiger partial charge >= 0.3 is 0 Å². The van der Waals surface area contributed by atoms with Crippen molar-refractivity contribution in [3.8, 4) is 17.6 Å². The summed E-state index contributed by atoms with van der Waals surface area (Å²) in [6.45, 7) is 2.00. The minimum Gasteiger partial charge on any atom is -0.485 e. The first-order chi connectivity index (χ1) is 17.6. The molecule has 3 aromatic carbocycles. The van der Waals surface area contributed by atoms with Gasteiger partial charge in [0, 0.05) is 36.8 Å². The molecule has 2 aliphatic rings. The van der Waals surface area contributed by atoms with Crippen LogP contribution in [0.5, 0.6) is 11.5 Å². The number of carbonyl (C=O) groups is 2. The highest BCUT2D eigenvalue weighted by atomic mass is 32.2. The van der Waals surface area contributed by atoms with E-state index in [0.29, 0.717) is 54.6 Å². The first kappa shape index (κ1) is 23.8. The van der Waals surface area contributed by atoms with E-state index >= 15 is 0 Å². The second-order valence-electron chi connectivity index (χ2n) is 8.58. The van der Waals surface area contributed by atoms with Crippen molar-refractivity contribution < 1.29 is 19.1 Å². The SMILES string of the molecule is N#Cc1ccc(CSc2ccccc2C(=O)N2CCN(C(=O)[C@@H]3COc4ccccc4O3)CC2)cc1. The molecular formula is C28H25N3O4S. The lowest BCUT2D eigenvalue weighted by Crippen LogP contribution is -2.55. The largest absolute Gasteiger partial charge is 0.485 e. The first-order valence-electron chi connectivity index (χ1n) is 11.8. The summed E-state index contributed by atoms with van der Waals surface area (Å²) in [5.41, 5.74) is 2.38. The molecule has 36 heavy (non-hydrogen) atoms. The molecule has 5 rings (SSSR count). The Kier molecular flexibility index (Phi) is 7.10. The van der Waals surface area contributed by atoms with Crippen molar-refractivity contribution in [2.24, 2.45) is 0 Å². The van der Waals surface area contributed by atoms with Crippen molar-refractivity contribution >= 4 is 23.6 Å². The molecule has 182 valence electrons. The number of hydrogen-bond donors (Lipinski definition) is 0. The Balaban J connectivity index is 1.18.